The maximum Gasteiger partial charge on any atom is 0.0541 e. The average molecular weight is 729 g/mol. The van der Waals surface area contributed by atoms with Gasteiger partial charge in [0.25, 0.3) is 0 Å². The Balaban J connectivity index is 1.06. The molecule has 1 aromatic heterocycles. The van der Waals surface area contributed by atoms with Crippen molar-refractivity contribution in [1.82, 2.24) is 4.57 Å². The van der Waals surface area contributed by atoms with Crippen LogP contribution in [0.3, 0.4) is 0 Å². The highest BCUT2D eigenvalue weighted by molar-refractivity contribution is 6.09. The van der Waals surface area contributed by atoms with E-state index in [1.807, 2.05) is 0 Å². The van der Waals surface area contributed by atoms with Gasteiger partial charge < -0.3 is 9.47 Å². The summed E-state index contributed by atoms with van der Waals surface area (Å²) in [5, 5.41) is 4.98. The Morgan fingerprint density at radius 3 is 1.79 bits per heavy atom. The van der Waals surface area contributed by atoms with Gasteiger partial charge in [-0.15, -0.1) is 0 Å². The van der Waals surface area contributed by atoms with Gasteiger partial charge in [0.05, 0.1) is 16.7 Å². The van der Waals surface area contributed by atoms with Crippen molar-refractivity contribution in [2.45, 2.75) is 19.3 Å². The molecule has 1 heterocycles. The van der Waals surface area contributed by atoms with E-state index in [2.05, 4.69) is 230 Å². The first kappa shape index (κ1) is 33.2. The third-order valence-electron chi connectivity index (χ3n) is 12.2. The summed E-state index contributed by atoms with van der Waals surface area (Å²) in [5.74, 6) is 0. The topological polar surface area (TPSA) is 8.17 Å². The number of fused-ring (bicyclic) bond motifs is 7. The second kappa shape index (κ2) is 13.0. The zero-order valence-electron chi connectivity index (χ0n) is 32.0. The molecule has 0 spiro atoms. The summed E-state index contributed by atoms with van der Waals surface area (Å²) in [6.07, 6.45) is 0. The number of hydrogen-bond acceptors (Lipinski definition) is 1. The Labute approximate surface area is 333 Å². The van der Waals surface area contributed by atoms with E-state index in [4.69, 9.17) is 0 Å². The highest BCUT2D eigenvalue weighted by Gasteiger charge is 2.37. The Morgan fingerprint density at radius 2 is 1.00 bits per heavy atom. The fraction of sp³-hybridized carbons (Fsp3) is 0.0545. The highest BCUT2D eigenvalue weighted by atomic mass is 15.1. The van der Waals surface area contributed by atoms with Gasteiger partial charge in [0, 0.05) is 38.8 Å². The van der Waals surface area contributed by atoms with Gasteiger partial charge in [-0.05, 0) is 104 Å². The minimum absolute atomic E-state index is 0.0798. The van der Waals surface area contributed by atoms with Crippen molar-refractivity contribution < 1.29 is 0 Å². The lowest BCUT2D eigenvalue weighted by atomic mass is 9.82. The van der Waals surface area contributed by atoms with Gasteiger partial charge >= 0.3 is 0 Å². The van der Waals surface area contributed by atoms with E-state index in [0.717, 1.165) is 22.7 Å². The Morgan fingerprint density at radius 1 is 0.404 bits per heavy atom. The predicted molar refractivity (Wildman–Crippen MR) is 241 cm³/mol. The molecule has 0 radical (unpaired) electrons. The smallest absolute Gasteiger partial charge is 0.0541 e. The quantitative estimate of drug-likeness (QED) is 0.165. The van der Waals surface area contributed by atoms with Gasteiger partial charge in [-0.3, -0.25) is 0 Å². The molecular formula is C55H40N2. The lowest BCUT2D eigenvalue weighted by Crippen LogP contribution is -2.14. The molecule has 0 amide bonds. The summed E-state index contributed by atoms with van der Waals surface area (Å²) in [7, 11) is 0. The van der Waals surface area contributed by atoms with E-state index in [-0.39, 0.29) is 5.41 Å². The van der Waals surface area contributed by atoms with Gasteiger partial charge in [0.2, 0.25) is 0 Å². The van der Waals surface area contributed by atoms with Gasteiger partial charge in [0.1, 0.15) is 0 Å². The maximum atomic E-state index is 2.44. The van der Waals surface area contributed by atoms with Crippen molar-refractivity contribution in [2.24, 2.45) is 0 Å². The van der Waals surface area contributed by atoms with Crippen LogP contribution >= 0.6 is 0 Å². The van der Waals surface area contributed by atoms with E-state index < -0.39 is 0 Å². The molecule has 0 saturated heterocycles. The molecule has 0 N–H and O–H groups in total. The molecule has 0 unspecified atom stereocenters. The van der Waals surface area contributed by atoms with Crippen molar-refractivity contribution in [1.29, 1.82) is 0 Å². The lowest BCUT2D eigenvalue weighted by Gasteiger charge is -2.29. The predicted octanol–water partition coefficient (Wildman–Crippen LogP) is 15.0. The summed E-state index contributed by atoms with van der Waals surface area (Å²) in [6, 6.07) is 75.6. The number of anilines is 3. The van der Waals surface area contributed by atoms with Crippen LogP contribution in [0.4, 0.5) is 17.1 Å². The van der Waals surface area contributed by atoms with Crippen LogP contribution in [0.1, 0.15) is 25.0 Å². The largest absolute Gasteiger partial charge is 0.310 e. The number of para-hydroxylation sites is 3. The van der Waals surface area contributed by atoms with Crippen LogP contribution < -0.4 is 4.90 Å². The second-order valence-electron chi connectivity index (χ2n) is 15.7. The number of nitrogens with zero attached hydrogens (tertiary/aromatic N) is 2. The van der Waals surface area contributed by atoms with Gasteiger partial charge in [-0.25, -0.2) is 0 Å². The molecule has 0 saturated carbocycles. The van der Waals surface area contributed by atoms with Crippen LogP contribution in [-0.2, 0) is 5.41 Å². The molecule has 1 aliphatic carbocycles. The van der Waals surface area contributed by atoms with Crippen molar-refractivity contribution in [3.8, 4) is 39.1 Å². The molecule has 57 heavy (non-hydrogen) atoms. The number of hydrogen-bond donors (Lipinski definition) is 0. The summed E-state index contributed by atoms with van der Waals surface area (Å²) in [4.78, 5) is 2.44. The molecule has 2 heteroatoms. The number of rotatable bonds is 6. The van der Waals surface area contributed by atoms with Gasteiger partial charge in [-0.1, -0.05) is 166 Å². The molecule has 0 atom stereocenters. The van der Waals surface area contributed by atoms with Crippen molar-refractivity contribution in [3.05, 3.63) is 217 Å². The first-order valence-corrected chi connectivity index (χ1v) is 19.9. The Hall–Kier alpha value is -7.16. The standard InChI is InChI=1S/C55H40N2/c1-55(2)49-24-9-5-22-48(49)54-47(23-14-25-50(54)55)46-21-8-10-26-51(46)56(43-34-31-37-15-3-4-16-39(37)36-43)41-32-29-38(30-33-41)40-17-13-18-42(35-40)57-52-27-11-6-19-44(52)45-20-7-12-28-53(45)57/h3-36H,1-2H3. The molecule has 270 valence electrons. The molecule has 2 nitrogen and oxygen atoms in total. The van der Waals surface area contributed by atoms with E-state index in [9.17, 15) is 0 Å². The molecular weight excluding hydrogens is 689 g/mol. The van der Waals surface area contributed by atoms with Crippen LogP contribution in [-0.4, -0.2) is 4.57 Å². The molecule has 9 aromatic carbocycles. The first-order valence-electron chi connectivity index (χ1n) is 19.9. The Kier molecular flexibility index (Phi) is 7.55. The normalized spacial score (nSPS) is 12.9. The van der Waals surface area contributed by atoms with E-state index in [1.54, 1.807) is 0 Å². The maximum absolute atomic E-state index is 2.44. The van der Waals surface area contributed by atoms with Crippen LogP contribution in [0, 0.1) is 0 Å². The van der Waals surface area contributed by atoms with Gasteiger partial charge in [0.15, 0.2) is 0 Å². The van der Waals surface area contributed by atoms with Crippen LogP contribution in [0.15, 0.2) is 206 Å². The first-order chi connectivity index (χ1) is 28.0. The van der Waals surface area contributed by atoms with Gasteiger partial charge in [-0.2, -0.15) is 0 Å². The fourth-order valence-corrected chi connectivity index (χ4v) is 9.45. The fourth-order valence-electron chi connectivity index (χ4n) is 9.45. The molecule has 10 aromatic rings. The highest BCUT2D eigenvalue weighted by Crippen LogP contribution is 2.53. The molecule has 11 rings (SSSR count). The van der Waals surface area contributed by atoms with Crippen LogP contribution in [0.2, 0.25) is 0 Å². The van der Waals surface area contributed by atoms with E-state index >= 15 is 0 Å². The number of aromatic nitrogens is 1. The van der Waals surface area contributed by atoms with Crippen molar-refractivity contribution in [3.63, 3.8) is 0 Å². The minimum atomic E-state index is -0.0798. The number of benzene rings is 9. The summed E-state index contributed by atoms with van der Waals surface area (Å²) < 4.78 is 2.39. The molecule has 0 aliphatic heterocycles. The molecule has 0 fully saturated rings. The SMILES string of the molecule is CC1(C)c2ccccc2-c2c(-c3ccccc3N(c3ccc(-c4cccc(-n5c6ccccc6c6ccccc65)c4)cc3)c3ccc4ccccc4c3)cccc21. The van der Waals surface area contributed by atoms with Crippen LogP contribution in [0.25, 0.3) is 71.6 Å². The summed E-state index contributed by atoms with van der Waals surface area (Å²) in [6.45, 7) is 4.71. The average Bonchev–Trinajstić information content (AvgIpc) is 3.73. The van der Waals surface area contributed by atoms with Crippen molar-refractivity contribution >= 4 is 49.6 Å². The third-order valence-corrected chi connectivity index (χ3v) is 12.2. The third kappa shape index (κ3) is 5.25. The van der Waals surface area contributed by atoms with Crippen molar-refractivity contribution in [2.75, 3.05) is 4.90 Å². The summed E-state index contributed by atoms with van der Waals surface area (Å²) in [5.41, 5.74) is 17.1. The monoisotopic (exact) mass is 728 g/mol. The molecule has 1 aliphatic rings. The summed E-state index contributed by atoms with van der Waals surface area (Å²) >= 11 is 0. The van der Waals surface area contributed by atoms with E-state index in [0.29, 0.717) is 0 Å². The van der Waals surface area contributed by atoms with E-state index in [1.165, 1.54) is 77.1 Å². The zero-order chi connectivity index (χ0) is 38.1. The zero-order valence-corrected chi connectivity index (χ0v) is 32.0. The minimum Gasteiger partial charge on any atom is -0.310 e. The Bertz CT molecular complexity index is 3110. The molecule has 0 bridgehead atoms. The second-order valence-corrected chi connectivity index (χ2v) is 15.7. The van der Waals surface area contributed by atoms with Crippen LogP contribution in [0.5, 0.6) is 0 Å². The lowest BCUT2D eigenvalue weighted by molar-refractivity contribution is 0.660.